The Labute approximate surface area is 190 Å². The Kier molecular flexibility index (Phi) is 8.16. The standard InChI is InChI=1S/C29H42N2/c1-3-5-23-12-14-26(15-13-23)27-16-18-28(19-17-27)29-30-20-25(21-31-29)11-10-24-8-6-22(4-2)7-9-24/h16-24,26H,3-15H2,1-2H3/t22-,23-,24-,26-. The SMILES string of the molecule is CCC[C@H]1CC[C@H](c2ccc(-c3ncc(CC[C@H]4CC[C@H](CC)CC4)cn3)cc2)CC1. The molecule has 2 nitrogen and oxygen atoms in total. The summed E-state index contributed by atoms with van der Waals surface area (Å²) in [4.78, 5) is 9.40. The number of aromatic nitrogens is 2. The van der Waals surface area contributed by atoms with Crippen LogP contribution in [0.25, 0.3) is 11.4 Å². The molecule has 2 aliphatic carbocycles. The van der Waals surface area contributed by atoms with E-state index >= 15 is 0 Å². The largest absolute Gasteiger partial charge is 0.236 e. The van der Waals surface area contributed by atoms with Crippen LogP contribution in [-0.4, -0.2) is 9.97 Å². The summed E-state index contributed by atoms with van der Waals surface area (Å²) in [7, 11) is 0. The molecule has 4 rings (SSSR count). The molecule has 0 unspecified atom stereocenters. The van der Waals surface area contributed by atoms with Crippen LogP contribution in [0.2, 0.25) is 0 Å². The van der Waals surface area contributed by atoms with Crippen LogP contribution >= 0.6 is 0 Å². The van der Waals surface area contributed by atoms with Crippen molar-refractivity contribution in [2.24, 2.45) is 17.8 Å². The molecule has 2 heteroatoms. The molecule has 0 amide bonds. The highest BCUT2D eigenvalue weighted by Crippen LogP contribution is 2.38. The molecule has 2 saturated carbocycles. The van der Waals surface area contributed by atoms with E-state index in [9.17, 15) is 0 Å². The predicted molar refractivity (Wildman–Crippen MR) is 131 cm³/mol. The van der Waals surface area contributed by atoms with Crippen molar-refractivity contribution in [3.63, 3.8) is 0 Å². The van der Waals surface area contributed by atoms with Gasteiger partial charge in [0.1, 0.15) is 0 Å². The van der Waals surface area contributed by atoms with Crippen LogP contribution in [0.5, 0.6) is 0 Å². The Morgan fingerprint density at radius 2 is 1.29 bits per heavy atom. The third-order valence-electron chi connectivity index (χ3n) is 8.27. The third-order valence-corrected chi connectivity index (χ3v) is 8.27. The van der Waals surface area contributed by atoms with Crippen LogP contribution in [0.3, 0.4) is 0 Å². The van der Waals surface area contributed by atoms with Crippen molar-refractivity contribution in [1.29, 1.82) is 0 Å². The van der Waals surface area contributed by atoms with Crippen LogP contribution in [0, 0.1) is 17.8 Å². The minimum absolute atomic E-state index is 0.748. The van der Waals surface area contributed by atoms with Gasteiger partial charge < -0.3 is 0 Å². The maximum absolute atomic E-state index is 4.70. The highest BCUT2D eigenvalue weighted by molar-refractivity contribution is 5.55. The van der Waals surface area contributed by atoms with Crippen molar-refractivity contribution in [2.75, 3.05) is 0 Å². The molecule has 1 aromatic carbocycles. The van der Waals surface area contributed by atoms with E-state index in [1.807, 2.05) is 0 Å². The van der Waals surface area contributed by atoms with Crippen molar-refractivity contribution >= 4 is 0 Å². The van der Waals surface area contributed by atoms with Crippen LogP contribution in [0.4, 0.5) is 0 Å². The first-order valence-corrected chi connectivity index (χ1v) is 13.2. The summed E-state index contributed by atoms with van der Waals surface area (Å²) in [5.74, 6) is 4.48. The zero-order chi connectivity index (χ0) is 21.5. The molecule has 2 aromatic rings. The molecular weight excluding hydrogens is 376 g/mol. The molecule has 0 bridgehead atoms. The van der Waals surface area contributed by atoms with Gasteiger partial charge in [-0.1, -0.05) is 83.1 Å². The molecule has 168 valence electrons. The van der Waals surface area contributed by atoms with E-state index in [1.54, 1.807) is 0 Å². The summed E-state index contributed by atoms with van der Waals surface area (Å²) in [6.07, 6.45) is 21.9. The van der Waals surface area contributed by atoms with Gasteiger partial charge in [0.2, 0.25) is 0 Å². The molecule has 2 aliphatic rings. The fourth-order valence-electron chi connectivity index (χ4n) is 6.03. The van der Waals surface area contributed by atoms with E-state index in [4.69, 9.17) is 9.97 Å². The summed E-state index contributed by atoms with van der Waals surface area (Å²) in [5, 5.41) is 0. The number of hydrogen-bond acceptors (Lipinski definition) is 2. The predicted octanol–water partition coefficient (Wildman–Crippen LogP) is 8.37. The zero-order valence-electron chi connectivity index (χ0n) is 19.9. The lowest BCUT2D eigenvalue weighted by atomic mass is 9.77. The van der Waals surface area contributed by atoms with Crippen molar-refractivity contribution < 1.29 is 0 Å². The summed E-state index contributed by atoms with van der Waals surface area (Å²) < 4.78 is 0. The summed E-state index contributed by atoms with van der Waals surface area (Å²) in [6.45, 7) is 4.66. The molecule has 0 aliphatic heterocycles. The van der Waals surface area contributed by atoms with Crippen molar-refractivity contribution in [3.05, 3.63) is 47.8 Å². The number of hydrogen-bond donors (Lipinski definition) is 0. The Balaban J connectivity index is 1.27. The molecular formula is C29H42N2. The average Bonchev–Trinajstić information content (AvgIpc) is 2.84. The second kappa shape index (κ2) is 11.2. The van der Waals surface area contributed by atoms with Crippen molar-refractivity contribution in [1.82, 2.24) is 9.97 Å². The quantitative estimate of drug-likeness (QED) is 0.430. The van der Waals surface area contributed by atoms with E-state index in [-0.39, 0.29) is 0 Å². The number of rotatable bonds is 8. The maximum atomic E-state index is 4.70. The smallest absolute Gasteiger partial charge is 0.159 e. The topological polar surface area (TPSA) is 25.8 Å². The van der Waals surface area contributed by atoms with E-state index < -0.39 is 0 Å². The minimum Gasteiger partial charge on any atom is -0.236 e. The van der Waals surface area contributed by atoms with Gasteiger partial charge in [-0.3, -0.25) is 0 Å². The Bertz CT molecular complexity index is 763. The van der Waals surface area contributed by atoms with Crippen LogP contribution in [0.1, 0.15) is 108 Å². The van der Waals surface area contributed by atoms with Gasteiger partial charge in [0.05, 0.1) is 0 Å². The van der Waals surface area contributed by atoms with Crippen LogP contribution < -0.4 is 0 Å². The molecule has 0 N–H and O–H groups in total. The monoisotopic (exact) mass is 418 g/mol. The van der Waals surface area contributed by atoms with Gasteiger partial charge in [-0.2, -0.15) is 0 Å². The fourth-order valence-corrected chi connectivity index (χ4v) is 6.03. The Morgan fingerprint density at radius 1 is 0.710 bits per heavy atom. The van der Waals surface area contributed by atoms with Crippen LogP contribution in [-0.2, 0) is 6.42 Å². The Morgan fingerprint density at radius 3 is 1.90 bits per heavy atom. The van der Waals surface area contributed by atoms with Crippen molar-refractivity contribution in [3.8, 4) is 11.4 Å². The molecule has 31 heavy (non-hydrogen) atoms. The van der Waals surface area contributed by atoms with Gasteiger partial charge in [0, 0.05) is 18.0 Å². The molecule has 1 heterocycles. The lowest BCUT2D eigenvalue weighted by molar-refractivity contribution is 0.258. The van der Waals surface area contributed by atoms with Gasteiger partial charge in [0.25, 0.3) is 0 Å². The van der Waals surface area contributed by atoms with E-state index in [0.717, 1.165) is 41.5 Å². The highest BCUT2D eigenvalue weighted by atomic mass is 14.9. The second-order valence-electron chi connectivity index (χ2n) is 10.4. The van der Waals surface area contributed by atoms with Crippen LogP contribution in [0.15, 0.2) is 36.7 Å². The van der Waals surface area contributed by atoms with E-state index in [0.29, 0.717) is 0 Å². The molecule has 0 spiro atoms. The normalized spacial score (nSPS) is 26.6. The second-order valence-corrected chi connectivity index (χ2v) is 10.4. The molecule has 1 aromatic heterocycles. The molecule has 0 radical (unpaired) electrons. The number of benzene rings is 1. The van der Waals surface area contributed by atoms with Crippen molar-refractivity contribution in [2.45, 2.75) is 103 Å². The van der Waals surface area contributed by atoms with Gasteiger partial charge in [-0.05, 0) is 73.3 Å². The summed E-state index contributed by atoms with van der Waals surface area (Å²) in [6, 6.07) is 9.11. The molecule has 0 saturated heterocycles. The summed E-state index contributed by atoms with van der Waals surface area (Å²) in [5.41, 5.74) is 3.95. The van der Waals surface area contributed by atoms with E-state index in [2.05, 4.69) is 50.5 Å². The maximum Gasteiger partial charge on any atom is 0.159 e. The first kappa shape index (κ1) is 22.5. The lowest BCUT2D eigenvalue weighted by Crippen LogP contribution is -2.14. The third kappa shape index (κ3) is 6.18. The van der Waals surface area contributed by atoms with Gasteiger partial charge in [-0.15, -0.1) is 0 Å². The minimum atomic E-state index is 0.748. The molecule has 0 atom stereocenters. The average molecular weight is 419 g/mol. The molecule has 2 fully saturated rings. The first-order chi connectivity index (χ1) is 15.2. The zero-order valence-corrected chi connectivity index (χ0v) is 19.9. The number of nitrogens with zero attached hydrogens (tertiary/aromatic N) is 2. The van der Waals surface area contributed by atoms with Gasteiger partial charge in [0.15, 0.2) is 5.82 Å². The van der Waals surface area contributed by atoms with Gasteiger partial charge in [-0.25, -0.2) is 9.97 Å². The highest BCUT2D eigenvalue weighted by Gasteiger charge is 2.22. The lowest BCUT2D eigenvalue weighted by Gasteiger charge is -2.28. The Hall–Kier alpha value is -1.70. The first-order valence-electron chi connectivity index (χ1n) is 13.2. The van der Waals surface area contributed by atoms with Gasteiger partial charge >= 0.3 is 0 Å². The fraction of sp³-hybridized carbons (Fsp3) is 0.655. The summed E-state index contributed by atoms with van der Waals surface area (Å²) >= 11 is 0. The van der Waals surface area contributed by atoms with E-state index in [1.165, 1.54) is 88.2 Å². The number of aryl methyl sites for hydroxylation is 1.